The van der Waals surface area contributed by atoms with Crippen LogP contribution in [0.5, 0.6) is 0 Å². The average Bonchev–Trinajstić information content (AvgIpc) is 3.19. The molecule has 0 atom stereocenters. The van der Waals surface area contributed by atoms with Crippen LogP contribution >= 0.6 is 0 Å². The highest BCUT2D eigenvalue weighted by Crippen LogP contribution is 2.21. The summed E-state index contributed by atoms with van der Waals surface area (Å²) in [7, 11) is 0. The number of halogens is 1. The number of para-hydroxylation sites is 1. The number of hydrogen-bond acceptors (Lipinski definition) is 4. The Morgan fingerprint density at radius 1 is 1.03 bits per heavy atom. The molecule has 1 N–H and O–H groups in total. The highest BCUT2D eigenvalue weighted by molar-refractivity contribution is 5.95. The molecule has 29 heavy (non-hydrogen) atoms. The molecule has 0 radical (unpaired) electrons. The number of hydrogen-bond donors (Lipinski definition) is 1. The van der Waals surface area contributed by atoms with Crippen molar-refractivity contribution in [2.75, 3.05) is 0 Å². The molecule has 0 aliphatic rings. The Balaban J connectivity index is 1.61. The lowest BCUT2D eigenvalue weighted by Gasteiger charge is -2.00. The highest BCUT2D eigenvalue weighted by atomic mass is 19.1. The quantitative estimate of drug-likeness (QED) is 0.419. The first-order valence-electron chi connectivity index (χ1n) is 8.85. The van der Waals surface area contributed by atoms with Gasteiger partial charge >= 0.3 is 0 Å². The smallest absolute Gasteiger partial charge is 0.267 e. The van der Waals surface area contributed by atoms with Crippen molar-refractivity contribution in [2.45, 2.75) is 0 Å². The average molecular weight is 385 g/mol. The molecule has 0 fully saturated rings. The van der Waals surface area contributed by atoms with Gasteiger partial charge in [0.15, 0.2) is 0 Å². The zero-order chi connectivity index (χ0) is 20.1. The first-order valence-corrected chi connectivity index (χ1v) is 8.85. The molecule has 0 saturated heterocycles. The summed E-state index contributed by atoms with van der Waals surface area (Å²) < 4.78 is 14.7. The van der Waals surface area contributed by atoms with E-state index in [4.69, 9.17) is 0 Å². The zero-order valence-corrected chi connectivity index (χ0v) is 15.2. The maximum absolute atomic E-state index is 13.0. The van der Waals surface area contributed by atoms with Gasteiger partial charge in [0.2, 0.25) is 0 Å². The van der Waals surface area contributed by atoms with Crippen LogP contribution in [0.15, 0.2) is 90.4 Å². The van der Waals surface area contributed by atoms with Gasteiger partial charge in [-0.15, -0.1) is 0 Å². The van der Waals surface area contributed by atoms with E-state index in [1.165, 1.54) is 30.5 Å². The van der Waals surface area contributed by atoms with Crippen molar-refractivity contribution in [3.63, 3.8) is 0 Å². The van der Waals surface area contributed by atoms with Gasteiger partial charge in [-0.25, -0.2) is 14.5 Å². The van der Waals surface area contributed by atoms with Crippen molar-refractivity contribution in [1.82, 2.24) is 20.2 Å². The van der Waals surface area contributed by atoms with Gasteiger partial charge in [0.1, 0.15) is 11.5 Å². The Hall–Kier alpha value is -4.13. The number of carbonyl (C=O) groups is 1. The lowest BCUT2D eigenvalue weighted by atomic mass is 10.1. The van der Waals surface area contributed by atoms with Crippen LogP contribution in [-0.4, -0.2) is 26.9 Å². The van der Waals surface area contributed by atoms with Crippen molar-refractivity contribution in [2.24, 2.45) is 5.10 Å². The van der Waals surface area contributed by atoms with Crippen LogP contribution in [0.3, 0.4) is 0 Å². The minimum atomic E-state index is -0.431. The van der Waals surface area contributed by atoms with E-state index >= 15 is 0 Å². The molecule has 1 amide bonds. The number of carbonyl (C=O) groups excluding carboxylic acids is 1. The van der Waals surface area contributed by atoms with E-state index in [1.807, 2.05) is 48.7 Å². The summed E-state index contributed by atoms with van der Waals surface area (Å²) in [5, 5.41) is 8.69. The number of nitrogens with one attached hydrogen (secondary N) is 1. The number of hydrazone groups is 1. The molecule has 2 aromatic carbocycles. The predicted octanol–water partition coefficient (Wildman–Crippen LogP) is 3.84. The van der Waals surface area contributed by atoms with Crippen molar-refractivity contribution in [3.05, 3.63) is 102 Å². The molecule has 0 unspecified atom stereocenters. The van der Waals surface area contributed by atoms with E-state index in [9.17, 15) is 9.18 Å². The first kappa shape index (κ1) is 18.2. The molecule has 6 nitrogen and oxygen atoms in total. The van der Waals surface area contributed by atoms with Crippen LogP contribution in [0.4, 0.5) is 4.39 Å². The second-order valence-electron chi connectivity index (χ2n) is 6.16. The first-order chi connectivity index (χ1) is 14.2. The third-order valence-corrected chi connectivity index (χ3v) is 4.17. The van der Waals surface area contributed by atoms with Gasteiger partial charge in [-0.05, 0) is 48.5 Å². The van der Waals surface area contributed by atoms with Gasteiger partial charge < -0.3 is 0 Å². The summed E-state index contributed by atoms with van der Waals surface area (Å²) in [5.74, 6) is -0.834. The molecule has 4 aromatic rings. The SMILES string of the molecule is O=C(N/N=C\c1cn(-c2ccccc2)nc1-c1cccnc1)c1ccc(F)cc1. The Bertz CT molecular complexity index is 1140. The van der Waals surface area contributed by atoms with Gasteiger partial charge in [0, 0.05) is 35.3 Å². The second-order valence-corrected chi connectivity index (χ2v) is 6.16. The lowest BCUT2D eigenvalue weighted by molar-refractivity contribution is 0.0955. The highest BCUT2D eigenvalue weighted by Gasteiger charge is 2.11. The molecule has 0 spiro atoms. The van der Waals surface area contributed by atoms with Gasteiger partial charge in [0.25, 0.3) is 5.91 Å². The minimum Gasteiger partial charge on any atom is -0.267 e. The van der Waals surface area contributed by atoms with Gasteiger partial charge in [-0.2, -0.15) is 10.2 Å². The third-order valence-electron chi connectivity index (χ3n) is 4.17. The number of rotatable bonds is 5. The summed E-state index contributed by atoms with van der Waals surface area (Å²) in [6.45, 7) is 0. The summed E-state index contributed by atoms with van der Waals surface area (Å²) in [6, 6.07) is 18.6. The molecule has 4 rings (SSSR count). The van der Waals surface area contributed by atoms with Crippen LogP contribution in [0.25, 0.3) is 16.9 Å². The van der Waals surface area contributed by atoms with Gasteiger partial charge in [-0.1, -0.05) is 18.2 Å². The number of aromatic nitrogens is 3. The second kappa shape index (κ2) is 8.26. The van der Waals surface area contributed by atoms with Gasteiger partial charge in [0.05, 0.1) is 11.9 Å². The fourth-order valence-corrected chi connectivity index (χ4v) is 2.75. The number of amides is 1. The molecule has 142 valence electrons. The molecule has 7 heteroatoms. The van der Waals surface area contributed by atoms with E-state index in [0.717, 1.165) is 11.3 Å². The fourth-order valence-electron chi connectivity index (χ4n) is 2.75. The standard InChI is InChI=1S/C22H16FN5O/c23-19-10-8-16(9-11-19)22(29)26-25-14-18-15-28(20-6-2-1-3-7-20)27-21(18)17-5-4-12-24-13-17/h1-15H,(H,26,29)/b25-14-. The Morgan fingerprint density at radius 2 is 1.83 bits per heavy atom. The molecule has 0 aliphatic carbocycles. The summed E-state index contributed by atoms with van der Waals surface area (Å²) >= 11 is 0. The Kier molecular flexibility index (Phi) is 5.20. The number of pyridine rings is 1. The number of nitrogens with zero attached hydrogens (tertiary/aromatic N) is 4. The normalized spacial score (nSPS) is 10.9. The van der Waals surface area contributed by atoms with E-state index in [-0.39, 0.29) is 0 Å². The van der Waals surface area contributed by atoms with Crippen LogP contribution < -0.4 is 5.43 Å². The van der Waals surface area contributed by atoms with E-state index in [1.54, 1.807) is 17.1 Å². The van der Waals surface area contributed by atoms with Crippen molar-refractivity contribution < 1.29 is 9.18 Å². The van der Waals surface area contributed by atoms with Crippen LogP contribution in [0.2, 0.25) is 0 Å². The molecular weight excluding hydrogens is 369 g/mol. The molecule has 0 bridgehead atoms. The lowest BCUT2D eigenvalue weighted by Crippen LogP contribution is -2.17. The van der Waals surface area contributed by atoms with E-state index in [2.05, 4.69) is 20.6 Å². The molecule has 2 heterocycles. The van der Waals surface area contributed by atoms with E-state index < -0.39 is 11.7 Å². The van der Waals surface area contributed by atoms with Crippen molar-refractivity contribution >= 4 is 12.1 Å². The zero-order valence-electron chi connectivity index (χ0n) is 15.2. The maximum Gasteiger partial charge on any atom is 0.271 e. The van der Waals surface area contributed by atoms with Crippen molar-refractivity contribution in [3.8, 4) is 16.9 Å². The monoisotopic (exact) mass is 385 g/mol. The molecule has 2 aromatic heterocycles. The Morgan fingerprint density at radius 3 is 2.55 bits per heavy atom. The topological polar surface area (TPSA) is 72.2 Å². The molecular formula is C22H16FN5O. The summed E-state index contributed by atoms with van der Waals surface area (Å²) in [6.07, 6.45) is 6.75. The summed E-state index contributed by atoms with van der Waals surface area (Å²) in [4.78, 5) is 16.3. The number of benzene rings is 2. The van der Waals surface area contributed by atoms with Crippen LogP contribution in [0.1, 0.15) is 15.9 Å². The van der Waals surface area contributed by atoms with Crippen LogP contribution in [-0.2, 0) is 0 Å². The molecule has 0 saturated carbocycles. The van der Waals surface area contributed by atoms with E-state index in [0.29, 0.717) is 16.8 Å². The largest absolute Gasteiger partial charge is 0.271 e. The summed E-state index contributed by atoms with van der Waals surface area (Å²) in [5.41, 5.74) is 5.88. The third kappa shape index (κ3) is 4.24. The predicted molar refractivity (Wildman–Crippen MR) is 108 cm³/mol. The minimum absolute atomic E-state index is 0.316. The van der Waals surface area contributed by atoms with Crippen LogP contribution in [0, 0.1) is 5.82 Å². The maximum atomic E-state index is 13.0. The molecule has 0 aliphatic heterocycles. The fraction of sp³-hybridized carbons (Fsp3) is 0. The Labute approximate surface area is 166 Å². The van der Waals surface area contributed by atoms with Gasteiger partial charge in [-0.3, -0.25) is 9.78 Å². The van der Waals surface area contributed by atoms with Crippen molar-refractivity contribution in [1.29, 1.82) is 0 Å².